The first-order chi connectivity index (χ1) is 15.4. The van der Waals surface area contributed by atoms with E-state index in [-0.39, 0.29) is 53.3 Å². The second-order valence-corrected chi connectivity index (χ2v) is 8.93. The van der Waals surface area contributed by atoms with Crippen LogP contribution in [-0.4, -0.2) is 33.6 Å². The van der Waals surface area contributed by atoms with Crippen LogP contribution in [0.15, 0.2) is 54.6 Å². The Morgan fingerprint density at radius 1 is 1.03 bits per heavy atom. The van der Waals surface area contributed by atoms with Crippen LogP contribution in [0.2, 0.25) is 0 Å². The van der Waals surface area contributed by atoms with Crippen LogP contribution in [0.3, 0.4) is 0 Å². The first-order valence-corrected chi connectivity index (χ1v) is 10.9. The number of nitrogens with zero attached hydrogens (tertiary/aromatic N) is 2. The van der Waals surface area contributed by atoms with Crippen molar-refractivity contribution in [2.24, 2.45) is 23.7 Å². The van der Waals surface area contributed by atoms with E-state index in [2.05, 4.69) is 5.32 Å². The third kappa shape index (κ3) is 3.36. The van der Waals surface area contributed by atoms with E-state index in [1.54, 1.807) is 6.07 Å². The number of imide groups is 1. The zero-order valence-corrected chi connectivity index (χ0v) is 17.3. The van der Waals surface area contributed by atoms with Crippen LogP contribution < -0.4 is 5.32 Å². The molecule has 8 nitrogen and oxygen atoms in total. The maximum atomic E-state index is 13.4. The fraction of sp³-hybridized carbons (Fsp3) is 0.375. The molecule has 2 aliphatic carbocycles. The SMILES string of the molecule is O=C(Nc1cccc([N+](=O)[O-])c1)[C@@H](Cc1ccccc1)N1C(=O)[C@@H]2[C@H]3CC[C@@H](C3)[C@@H]2C1=O. The number of hydrogen-bond donors (Lipinski definition) is 1. The molecule has 3 aliphatic rings. The summed E-state index contributed by atoms with van der Waals surface area (Å²) in [6, 6.07) is 13.9. The van der Waals surface area contributed by atoms with Crippen molar-refractivity contribution in [2.45, 2.75) is 31.7 Å². The molecule has 32 heavy (non-hydrogen) atoms. The summed E-state index contributed by atoms with van der Waals surface area (Å²) in [5.74, 6) is -1.20. The first kappa shape index (κ1) is 20.4. The van der Waals surface area contributed by atoms with Crippen molar-refractivity contribution in [3.05, 3.63) is 70.3 Å². The predicted molar refractivity (Wildman–Crippen MR) is 115 cm³/mol. The van der Waals surface area contributed by atoms with E-state index in [9.17, 15) is 24.5 Å². The smallest absolute Gasteiger partial charge is 0.271 e. The fourth-order valence-corrected chi connectivity index (χ4v) is 5.80. The van der Waals surface area contributed by atoms with Crippen LogP contribution in [0.4, 0.5) is 11.4 Å². The topological polar surface area (TPSA) is 110 Å². The van der Waals surface area contributed by atoms with Crippen LogP contribution in [0.1, 0.15) is 24.8 Å². The molecular weight excluding hydrogens is 410 g/mol. The molecule has 1 N–H and O–H groups in total. The lowest BCUT2D eigenvalue weighted by molar-refractivity contribution is -0.384. The Bertz CT molecular complexity index is 1070. The Balaban J connectivity index is 1.45. The first-order valence-electron chi connectivity index (χ1n) is 10.9. The maximum absolute atomic E-state index is 13.4. The van der Waals surface area contributed by atoms with Gasteiger partial charge >= 0.3 is 0 Å². The summed E-state index contributed by atoms with van der Waals surface area (Å²) in [6.45, 7) is 0. The number of carbonyl (C=O) groups excluding carboxylic acids is 3. The van der Waals surface area contributed by atoms with Gasteiger partial charge in [-0.15, -0.1) is 0 Å². The Labute approximate surface area is 184 Å². The minimum Gasteiger partial charge on any atom is -0.324 e. The summed E-state index contributed by atoms with van der Waals surface area (Å²) in [6.07, 6.45) is 3.03. The molecule has 3 amide bonds. The minimum absolute atomic E-state index is 0.151. The Morgan fingerprint density at radius 2 is 1.69 bits per heavy atom. The fourth-order valence-electron chi connectivity index (χ4n) is 5.80. The minimum atomic E-state index is -1.01. The molecule has 8 heteroatoms. The predicted octanol–water partition coefficient (Wildman–Crippen LogP) is 3.18. The molecule has 1 aliphatic heterocycles. The third-order valence-corrected chi connectivity index (χ3v) is 7.17. The second kappa shape index (κ2) is 7.85. The molecule has 1 heterocycles. The number of fused-ring (bicyclic) bond motifs is 5. The van der Waals surface area contributed by atoms with Crippen molar-refractivity contribution < 1.29 is 19.3 Å². The zero-order valence-electron chi connectivity index (χ0n) is 17.3. The van der Waals surface area contributed by atoms with Crippen LogP contribution in [0.5, 0.6) is 0 Å². The van der Waals surface area contributed by atoms with Gasteiger partial charge in [0.25, 0.3) is 5.69 Å². The molecule has 2 aromatic carbocycles. The lowest BCUT2D eigenvalue weighted by Crippen LogP contribution is -2.49. The highest BCUT2D eigenvalue weighted by Gasteiger charge is 2.62. The largest absolute Gasteiger partial charge is 0.324 e. The number of nitrogens with one attached hydrogen (secondary N) is 1. The molecule has 164 valence electrons. The van der Waals surface area contributed by atoms with Crippen LogP contribution in [0, 0.1) is 33.8 Å². The van der Waals surface area contributed by atoms with Crippen molar-refractivity contribution in [2.75, 3.05) is 5.32 Å². The molecule has 0 radical (unpaired) electrons. The number of hydrogen-bond acceptors (Lipinski definition) is 5. The van der Waals surface area contributed by atoms with Gasteiger partial charge in [0.15, 0.2) is 0 Å². The Kier molecular flexibility index (Phi) is 5.00. The summed E-state index contributed by atoms with van der Waals surface area (Å²) >= 11 is 0. The average molecular weight is 433 g/mol. The van der Waals surface area contributed by atoms with Crippen molar-refractivity contribution in [1.29, 1.82) is 0 Å². The maximum Gasteiger partial charge on any atom is 0.271 e. The van der Waals surface area contributed by atoms with Crippen LogP contribution >= 0.6 is 0 Å². The molecular formula is C24H23N3O5. The van der Waals surface area contributed by atoms with Crippen molar-refractivity contribution >= 4 is 29.1 Å². The van der Waals surface area contributed by atoms with E-state index in [0.717, 1.165) is 24.8 Å². The quantitative estimate of drug-likeness (QED) is 0.427. The zero-order chi connectivity index (χ0) is 22.4. The van der Waals surface area contributed by atoms with Gasteiger partial charge in [-0.2, -0.15) is 0 Å². The number of rotatable bonds is 6. The lowest BCUT2D eigenvalue weighted by atomic mass is 9.81. The molecule has 0 aromatic heterocycles. The second-order valence-electron chi connectivity index (χ2n) is 8.93. The summed E-state index contributed by atoms with van der Waals surface area (Å²) in [5, 5.41) is 13.8. The number of amides is 3. The van der Waals surface area contributed by atoms with Gasteiger partial charge in [0, 0.05) is 24.2 Å². The summed E-state index contributed by atoms with van der Waals surface area (Å²) in [4.78, 5) is 51.8. The molecule has 2 bridgehead atoms. The highest BCUT2D eigenvalue weighted by molar-refractivity contribution is 6.10. The summed E-state index contributed by atoms with van der Waals surface area (Å²) in [5.41, 5.74) is 0.927. The average Bonchev–Trinajstić information content (AvgIpc) is 3.47. The Hall–Kier alpha value is -3.55. The number of nitro benzene ring substituents is 1. The number of nitro groups is 1. The Morgan fingerprint density at radius 3 is 2.31 bits per heavy atom. The molecule has 0 spiro atoms. The number of carbonyl (C=O) groups is 3. The molecule has 3 fully saturated rings. The monoisotopic (exact) mass is 433 g/mol. The number of likely N-dealkylation sites (tertiary alicyclic amines) is 1. The van der Waals surface area contributed by atoms with E-state index in [1.165, 1.54) is 23.1 Å². The lowest BCUT2D eigenvalue weighted by Gasteiger charge is -2.27. The van der Waals surface area contributed by atoms with Crippen molar-refractivity contribution in [1.82, 2.24) is 4.90 Å². The van der Waals surface area contributed by atoms with Crippen molar-refractivity contribution in [3.63, 3.8) is 0 Å². The van der Waals surface area contributed by atoms with Crippen LogP contribution in [0.25, 0.3) is 0 Å². The van der Waals surface area contributed by atoms with E-state index in [4.69, 9.17) is 0 Å². The number of benzene rings is 2. The van der Waals surface area contributed by atoms with Gasteiger partial charge in [0.1, 0.15) is 6.04 Å². The standard InChI is InChI=1S/C24H23N3O5/c28-22(25-17-7-4-8-18(13-17)27(31)32)19(11-14-5-2-1-3-6-14)26-23(29)20-15-9-10-16(12-15)21(20)24(26)30/h1-8,13,15-16,19-21H,9-12H2,(H,25,28)/t15-,16-,19+,20-,21+/m0/s1. The van der Waals surface area contributed by atoms with E-state index in [1.807, 2.05) is 30.3 Å². The van der Waals surface area contributed by atoms with E-state index >= 15 is 0 Å². The van der Waals surface area contributed by atoms with Gasteiger partial charge in [-0.1, -0.05) is 36.4 Å². The van der Waals surface area contributed by atoms with Crippen LogP contribution in [-0.2, 0) is 20.8 Å². The molecule has 2 saturated carbocycles. The van der Waals surface area contributed by atoms with Gasteiger partial charge < -0.3 is 5.32 Å². The molecule has 2 aromatic rings. The van der Waals surface area contributed by atoms with Crippen molar-refractivity contribution in [3.8, 4) is 0 Å². The van der Waals surface area contributed by atoms with Gasteiger partial charge in [0.2, 0.25) is 17.7 Å². The third-order valence-electron chi connectivity index (χ3n) is 7.17. The highest BCUT2D eigenvalue weighted by atomic mass is 16.6. The summed E-state index contributed by atoms with van der Waals surface area (Å²) < 4.78 is 0. The molecule has 1 saturated heterocycles. The number of anilines is 1. The van der Waals surface area contributed by atoms with Gasteiger partial charge in [-0.25, -0.2) is 0 Å². The van der Waals surface area contributed by atoms with Gasteiger partial charge in [-0.3, -0.25) is 29.4 Å². The molecule has 5 rings (SSSR count). The van der Waals surface area contributed by atoms with Gasteiger partial charge in [-0.05, 0) is 42.7 Å². The highest BCUT2D eigenvalue weighted by Crippen LogP contribution is 2.56. The summed E-state index contributed by atoms with van der Waals surface area (Å²) in [7, 11) is 0. The molecule has 0 unspecified atom stereocenters. The van der Waals surface area contributed by atoms with E-state index < -0.39 is 16.9 Å². The van der Waals surface area contributed by atoms with Gasteiger partial charge in [0.05, 0.1) is 16.8 Å². The molecule has 5 atom stereocenters. The number of non-ortho nitro benzene ring substituents is 1. The van der Waals surface area contributed by atoms with E-state index in [0.29, 0.717) is 0 Å². The normalized spacial score (nSPS) is 26.8.